The van der Waals surface area contributed by atoms with Gasteiger partial charge in [0.25, 0.3) is 5.91 Å². The minimum absolute atomic E-state index is 0.00924. The Balaban J connectivity index is 1.85. The number of rotatable bonds is 5. The summed E-state index contributed by atoms with van der Waals surface area (Å²) in [5.74, 6) is 0.627. The van der Waals surface area contributed by atoms with Gasteiger partial charge in [0.1, 0.15) is 5.75 Å². The summed E-state index contributed by atoms with van der Waals surface area (Å²) >= 11 is 6.25. The number of piperidine rings is 1. The molecule has 1 aliphatic heterocycles. The topological polar surface area (TPSA) is 67.4 Å². The largest absolute Gasteiger partial charge is 0.495 e. The number of amides is 1. The molecule has 1 fully saturated rings. The number of ether oxygens (including phenoxy) is 1. The molecule has 162 valence electrons. The number of methoxy groups -OCH3 is 1. The average Bonchev–Trinajstić information content (AvgIpc) is 2.78. The molecular weight excluding hydrogens is 412 g/mol. The van der Waals surface area contributed by atoms with Crippen molar-refractivity contribution in [1.29, 1.82) is 0 Å². The van der Waals surface area contributed by atoms with E-state index in [1.165, 1.54) is 0 Å². The van der Waals surface area contributed by atoms with E-state index in [2.05, 4.69) is 22.2 Å². The second-order valence-electron chi connectivity index (χ2n) is 7.90. The van der Waals surface area contributed by atoms with Crippen molar-refractivity contribution < 1.29 is 9.53 Å². The molecule has 2 aromatic heterocycles. The Bertz CT molecular complexity index is 1120. The molecule has 0 radical (unpaired) electrons. The van der Waals surface area contributed by atoms with Gasteiger partial charge < -0.3 is 15.0 Å². The van der Waals surface area contributed by atoms with Crippen LogP contribution in [0.5, 0.6) is 5.75 Å². The van der Waals surface area contributed by atoms with Gasteiger partial charge in [0, 0.05) is 34.9 Å². The number of carbonyl (C=O) groups is 1. The van der Waals surface area contributed by atoms with E-state index in [0.717, 1.165) is 43.3 Å². The maximum absolute atomic E-state index is 13.7. The Labute approximate surface area is 187 Å². The first-order valence-electron chi connectivity index (χ1n) is 10.7. The highest BCUT2D eigenvalue weighted by Gasteiger charge is 2.29. The molecule has 1 saturated heterocycles. The number of hydrogen-bond acceptors (Lipinski definition) is 5. The van der Waals surface area contributed by atoms with Gasteiger partial charge >= 0.3 is 0 Å². The Kier molecular flexibility index (Phi) is 6.28. The fourth-order valence-corrected chi connectivity index (χ4v) is 4.40. The lowest BCUT2D eigenvalue weighted by Gasteiger charge is -2.35. The zero-order chi connectivity index (χ0) is 22.0. The molecular formula is C24H27ClN4O2. The maximum Gasteiger partial charge on any atom is 0.257 e. The van der Waals surface area contributed by atoms with Crippen LogP contribution in [0.1, 0.15) is 48.7 Å². The standard InChI is InChI=1S/C24H27ClN4O2/c1-4-17-7-5-6-12-29(17)24(30)19-14-26-23-18(10-8-15(2)27-23)22(19)28-20-13-16(25)9-11-21(20)31-3/h8-11,13-14,17H,4-7,12H2,1-3H3,(H,26,27,28)/t17-/m1/s1. The molecule has 0 aliphatic carbocycles. The number of nitrogens with zero attached hydrogens (tertiary/aromatic N) is 3. The summed E-state index contributed by atoms with van der Waals surface area (Å²) in [5.41, 5.74) is 3.34. The fraction of sp³-hybridized carbons (Fsp3) is 0.375. The van der Waals surface area contributed by atoms with Gasteiger partial charge in [-0.15, -0.1) is 0 Å². The summed E-state index contributed by atoms with van der Waals surface area (Å²) < 4.78 is 5.51. The lowest BCUT2D eigenvalue weighted by Crippen LogP contribution is -2.43. The number of carbonyl (C=O) groups excluding carboxylic acids is 1. The van der Waals surface area contributed by atoms with Gasteiger partial charge in [-0.25, -0.2) is 9.97 Å². The van der Waals surface area contributed by atoms with E-state index < -0.39 is 0 Å². The zero-order valence-electron chi connectivity index (χ0n) is 18.1. The number of pyridine rings is 2. The molecule has 1 atom stereocenters. The van der Waals surface area contributed by atoms with Gasteiger partial charge in [-0.05, 0) is 62.9 Å². The van der Waals surface area contributed by atoms with E-state index >= 15 is 0 Å². The van der Waals surface area contributed by atoms with E-state index in [1.54, 1.807) is 31.5 Å². The van der Waals surface area contributed by atoms with Gasteiger partial charge in [0.05, 0.1) is 24.0 Å². The van der Waals surface area contributed by atoms with Crippen molar-refractivity contribution in [1.82, 2.24) is 14.9 Å². The second-order valence-corrected chi connectivity index (χ2v) is 8.33. The summed E-state index contributed by atoms with van der Waals surface area (Å²) in [5, 5.41) is 4.77. The Morgan fingerprint density at radius 1 is 1.29 bits per heavy atom. The normalized spacial score (nSPS) is 16.4. The Hall–Kier alpha value is -2.86. The minimum Gasteiger partial charge on any atom is -0.495 e. The summed E-state index contributed by atoms with van der Waals surface area (Å²) in [6.07, 6.45) is 5.80. The van der Waals surface area contributed by atoms with E-state index in [4.69, 9.17) is 16.3 Å². The summed E-state index contributed by atoms with van der Waals surface area (Å²) in [6.45, 7) is 4.83. The van der Waals surface area contributed by atoms with Crippen molar-refractivity contribution >= 4 is 39.9 Å². The second kappa shape index (κ2) is 9.10. The molecule has 4 rings (SSSR count). The van der Waals surface area contributed by atoms with Gasteiger partial charge in [0.15, 0.2) is 5.65 Å². The Morgan fingerprint density at radius 3 is 2.90 bits per heavy atom. The number of nitrogens with one attached hydrogen (secondary N) is 1. The number of aryl methyl sites for hydroxylation is 1. The van der Waals surface area contributed by atoms with Gasteiger partial charge in [-0.2, -0.15) is 0 Å². The average molecular weight is 439 g/mol. The van der Waals surface area contributed by atoms with Crippen LogP contribution in [-0.2, 0) is 0 Å². The third-order valence-electron chi connectivity index (χ3n) is 5.88. The number of hydrogen-bond donors (Lipinski definition) is 1. The number of likely N-dealkylation sites (tertiary alicyclic amines) is 1. The molecule has 0 unspecified atom stereocenters. The maximum atomic E-state index is 13.7. The van der Waals surface area contributed by atoms with Crippen LogP contribution in [0.3, 0.4) is 0 Å². The van der Waals surface area contributed by atoms with Gasteiger partial charge in [-0.1, -0.05) is 18.5 Å². The van der Waals surface area contributed by atoms with Crippen LogP contribution in [0.15, 0.2) is 36.5 Å². The third kappa shape index (κ3) is 4.30. The van der Waals surface area contributed by atoms with Crippen molar-refractivity contribution in [3.63, 3.8) is 0 Å². The lowest BCUT2D eigenvalue weighted by atomic mass is 9.98. The summed E-state index contributed by atoms with van der Waals surface area (Å²) in [7, 11) is 1.61. The summed E-state index contributed by atoms with van der Waals surface area (Å²) in [4.78, 5) is 24.7. The van der Waals surface area contributed by atoms with Crippen LogP contribution in [-0.4, -0.2) is 40.5 Å². The Morgan fingerprint density at radius 2 is 2.13 bits per heavy atom. The van der Waals surface area contributed by atoms with Crippen LogP contribution in [0.25, 0.3) is 11.0 Å². The van der Waals surface area contributed by atoms with E-state index in [-0.39, 0.29) is 11.9 Å². The molecule has 6 nitrogen and oxygen atoms in total. The molecule has 0 bridgehead atoms. The monoisotopic (exact) mass is 438 g/mol. The first-order chi connectivity index (χ1) is 15.0. The lowest BCUT2D eigenvalue weighted by molar-refractivity contribution is 0.0609. The quantitative estimate of drug-likeness (QED) is 0.549. The number of halogens is 1. The zero-order valence-corrected chi connectivity index (χ0v) is 18.9. The van der Waals surface area contributed by atoms with Crippen LogP contribution in [0, 0.1) is 6.92 Å². The number of aromatic nitrogens is 2. The van der Waals surface area contributed by atoms with Crippen LogP contribution < -0.4 is 10.1 Å². The highest BCUT2D eigenvalue weighted by Crippen LogP contribution is 2.36. The number of benzene rings is 1. The van der Waals surface area contributed by atoms with E-state index in [0.29, 0.717) is 33.4 Å². The van der Waals surface area contributed by atoms with Crippen LogP contribution in [0.2, 0.25) is 5.02 Å². The van der Waals surface area contributed by atoms with Crippen molar-refractivity contribution in [2.45, 2.75) is 45.6 Å². The first-order valence-corrected chi connectivity index (χ1v) is 11.1. The SMILES string of the molecule is CC[C@@H]1CCCCN1C(=O)c1cnc2nc(C)ccc2c1Nc1cc(Cl)ccc1OC. The fourth-order valence-electron chi connectivity index (χ4n) is 4.23. The first kappa shape index (κ1) is 21.4. The van der Waals surface area contributed by atoms with E-state index in [9.17, 15) is 4.79 Å². The predicted octanol–water partition coefficient (Wildman–Crippen LogP) is 5.75. The van der Waals surface area contributed by atoms with Crippen molar-refractivity contribution in [3.8, 4) is 5.75 Å². The molecule has 1 aromatic carbocycles. The highest BCUT2D eigenvalue weighted by molar-refractivity contribution is 6.31. The molecule has 3 aromatic rings. The number of anilines is 2. The molecule has 1 aliphatic rings. The van der Waals surface area contributed by atoms with Crippen molar-refractivity contribution in [3.05, 3.63) is 52.8 Å². The van der Waals surface area contributed by atoms with Crippen LogP contribution in [0.4, 0.5) is 11.4 Å². The summed E-state index contributed by atoms with van der Waals surface area (Å²) in [6, 6.07) is 9.49. The van der Waals surface area contributed by atoms with Crippen molar-refractivity contribution in [2.75, 3.05) is 19.0 Å². The minimum atomic E-state index is -0.00924. The third-order valence-corrected chi connectivity index (χ3v) is 6.11. The van der Waals surface area contributed by atoms with E-state index in [1.807, 2.05) is 24.0 Å². The molecule has 31 heavy (non-hydrogen) atoms. The molecule has 0 saturated carbocycles. The number of fused-ring (bicyclic) bond motifs is 1. The molecule has 1 amide bonds. The van der Waals surface area contributed by atoms with Crippen LogP contribution >= 0.6 is 11.6 Å². The molecule has 7 heteroatoms. The predicted molar refractivity (Wildman–Crippen MR) is 125 cm³/mol. The molecule has 0 spiro atoms. The highest BCUT2D eigenvalue weighted by atomic mass is 35.5. The molecule has 3 heterocycles. The smallest absolute Gasteiger partial charge is 0.257 e. The van der Waals surface area contributed by atoms with Gasteiger partial charge in [-0.3, -0.25) is 4.79 Å². The molecule has 1 N–H and O–H groups in total. The van der Waals surface area contributed by atoms with Gasteiger partial charge in [0.2, 0.25) is 0 Å². The van der Waals surface area contributed by atoms with Crippen molar-refractivity contribution in [2.24, 2.45) is 0 Å².